The normalized spacial score (nSPS) is 27.3. The summed E-state index contributed by atoms with van der Waals surface area (Å²) in [4.78, 5) is 0. The fourth-order valence-electron chi connectivity index (χ4n) is 4.09. The molecule has 2 heteroatoms. The van der Waals surface area contributed by atoms with Crippen LogP contribution in [0.2, 0.25) is 0 Å². The number of hydrogen-bond donors (Lipinski definition) is 0. The Morgan fingerprint density at radius 1 is 1.05 bits per heavy atom. The zero-order valence-corrected chi connectivity index (χ0v) is 15.5. The molecule has 126 valence electrons. The molecule has 21 heavy (non-hydrogen) atoms. The van der Waals surface area contributed by atoms with Gasteiger partial charge in [0.25, 0.3) is 0 Å². The first-order chi connectivity index (χ1) is 9.98. The predicted molar refractivity (Wildman–Crippen MR) is 92.5 cm³/mol. The lowest BCUT2D eigenvalue weighted by Crippen LogP contribution is -2.48. The van der Waals surface area contributed by atoms with E-state index in [4.69, 9.17) is 4.74 Å². The summed E-state index contributed by atoms with van der Waals surface area (Å²) in [6.07, 6.45) is 5.76. The quantitative estimate of drug-likeness (QED) is 0.442. The van der Waals surface area contributed by atoms with Crippen molar-refractivity contribution in [2.75, 3.05) is 32.8 Å². The first-order valence-electron chi connectivity index (χ1n) is 9.44. The van der Waals surface area contributed by atoms with Gasteiger partial charge in [-0.15, -0.1) is 0 Å². The van der Waals surface area contributed by atoms with E-state index in [9.17, 15) is 0 Å². The summed E-state index contributed by atoms with van der Waals surface area (Å²) in [5.41, 5.74) is 0. The smallest absolute Gasteiger partial charge is 0.0808 e. The molecule has 2 nitrogen and oxygen atoms in total. The maximum Gasteiger partial charge on any atom is 0.0808 e. The molecule has 0 unspecified atom stereocenters. The van der Waals surface area contributed by atoms with Crippen molar-refractivity contribution in [3.63, 3.8) is 0 Å². The lowest BCUT2D eigenvalue weighted by Gasteiger charge is -2.38. The van der Waals surface area contributed by atoms with Gasteiger partial charge < -0.3 is 9.22 Å². The van der Waals surface area contributed by atoms with E-state index in [-0.39, 0.29) is 0 Å². The highest BCUT2D eigenvalue weighted by atomic mass is 16.5. The standard InChI is InChI=1S/C19H40NO/c1-7-20(8-2,9-3)13-10-14-21-19-15-17(6)11-12-18(19)16(4)5/h16-19H,7-15H2,1-6H3/q+1/t17-,18-,19-/m1/s1. The molecule has 0 aliphatic heterocycles. The topological polar surface area (TPSA) is 9.23 Å². The zero-order valence-electron chi connectivity index (χ0n) is 15.5. The first kappa shape index (κ1) is 19.0. The zero-order chi connectivity index (χ0) is 15.9. The van der Waals surface area contributed by atoms with Crippen molar-refractivity contribution in [1.29, 1.82) is 0 Å². The molecule has 0 N–H and O–H groups in total. The summed E-state index contributed by atoms with van der Waals surface area (Å²) < 4.78 is 7.59. The molecule has 1 fully saturated rings. The summed E-state index contributed by atoms with van der Waals surface area (Å²) in [6.45, 7) is 20.1. The molecule has 1 saturated carbocycles. The Hall–Kier alpha value is -0.0800. The number of quaternary nitrogens is 1. The van der Waals surface area contributed by atoms with Crippen LogP contribution in [0.4, 0.5) is 0 Å². The monoisotopic (exact) mass is 298 g/mol. The lowest BCUT2D eigenvalue weighted by molar-refractivity contribution is -0.923. The second kappa shape index (κ2) is 9.15. The average molecular weight is 299 g/mol. The Bertz CT molecular complexity index is 264. The fraction of sp³-hybridized carbons (Fsp3) is 1.00. The highest BCUT2D eigenvalue weighted by molar-refractivity contribution is 4.81. The number of rotatable bonds is 9. The molecule has 0 bridgehead atoms. The van der Waals surface area contributed by atoms with Crippen LogP contribution in [-0.4, -0.2) is 43.4 Å². The summed E-state index contributed by atoms with van der Waals surface area (Å²) >= 11 is 0. The summed E-state index contributed by atoms with van der Waals surface area (Å²) in [5.74, 6) is 2.39. The first-order valence-corrected chi connectivity index (χ1v) is 9.44. The average Bonchev–Trinajstić information content (AvgIpc) is 2.48. The SMILES string of the molecule is CC[N+](CC)(CC)CCCO[C@@H]1C[C@H](C)CC[C@@H]1C(C)C. The number of hydrogen-bond acceptors (Lipinski definition) is 1. The van der Waals surface area contributed by atoms with E-state index >= 15 is 0 Å². The number of ether oxygens (including phenoxy) is 1. The van der Waals surface area contributed by atoms with Crippen LogP contribution in [0, 0.1) is 17.8 Å². The van der Waals surface area contributed by atoms with Crippen molar-refractivity contribution in [2.24, 2.45) is 17.8 Å². The van der Waals surface area contributed by atoms with Gasteiger partial charge in [-0.1, -0.05) is 27.2 Å². The van der Waals surface area contributed by atoms with E-state index < -0.39 is 0 Å². The van der Waals surface area contributed by atoms with Gasteiger partial charge in [-0.2, -0.15) is 0 Å². The molecule has 0 heterocycles. The van der Waals surface area contributed by atoms with Gasteiger partial charge in [0.15, 0.2) is 0 Å². The Kier molecular flexibility index (Phi) is 8.26. The molecule has 0 aromatic heterocycles. The molecule has 3 atom stereocenters. The van der Waals surface area contributed by atoms with E-state index in [0.717, 1.165) is 24.4 Å². The minimum Gasteiger partial charge on any atom is -0.378 e. The van der Waals surface area contributed by atoms with Crippen molar-refractivity contribution in [1.82, 2.24) is 0 Å². The largest absolute Gasteiger partial charge is 0.378 e. The van der Waals surface area contributed by atoms with Crippen LogP contribution in [0.3, 0.4) is 0 Å². The minimum absolute atomic E-state index is 0.514. The predicted octanol–water partition coefficient (Wildman–Crippen LogP) is 4.73. The van der Waals surface area contributed by atoms with Gasteiger partial charge in [0.2, 0.25) is 0 Å². The highest BCUT2D eigenvalue weighted by Gasteiger charge is 2.31. The van der Waals surface area contributed by atoms with Crippen LogP contribution in [0.5, 0.6) is 0 Å². The van der Waals surface area contributed by atoms with E-state index in [2.05, 4.69) is 41.5 Å². The van der Waals surface area contributed by atoms with Crippen molar-refractivity contribution in [3.8, 4) is 0 Å². The van der Waals surface area contributed by atoms with Gasteiger partial charge >= 0.3 is 0 Å². The Balaban J connectivity index is 2.38. The molecule has 0 amide bonds. The second-order valence-electron chi connectivity index (χ2n) is 7.60. The summed E-state index contributed by atoms with van der Waals surface area (Å²) in [7, 11) is 0. The van der Waals surface area contributed by atoms with Crippen LogP contribution in [0.1, 0.15) is 67.2 Å². The fourth-order valence-corrected chi connectivity index (χ4v) is 4.09. The Labute approximate surface area is 133 Å². The van der Waals surface area contributed by atoms with E-state index in [1.807, 2.05) is 0 Å². The lowest BCUT2D eigenvalue weighted by atomic mass is 9.75. The van der Waals surface area contributed by atoms with Crippen LogP contribution >= 0.6 is 0 Å². The van der Waals surface area contributed by atoms with Crippen LogP contribution < -0.4 is 0 Å². The molecule has 0 radical (unpaired) electrons. The van der Waals surface area contributed by atoms with Crippen molar-refractivity contribution < 1.29 is 9.22 Å². The highest BCUT2D eigenvalue weighted by Crippen LogP contribution is 2.35. The Morgan fingerprint density at radius 3 is 2.19 bits per heavy atom. The molecule has 0 aromatic carbocycles. The molecule has 1 aliphatic carbocycles. The maximum absolute atomic E-state index is 6.35. The van der Waals surface area contributed by atoms with Crippen LogP contribution in [0.25, 0.3) is 0 Å². The van der Waals surface area contributed by atoms with Crippen molar-refractivity contribution in [2.45, 2.75) is 73.3 Å². The molecular weight excluding hydrogens is 258 g/mol. The van der Waals surface area contributed by atoms with Gasteiger partial charge in [-0.25, -0.2) is 0 Å². The minimum atomic E-state index is 0.514. The van der Waals surface area contributed by atoms with E-state index in [1.165, 1.54) is 56.3 Å². The third kappa shape index (κ3) is 5.56. The van der Waals surface area contributed by atoms with Gasteiger partial charge in [0.1, 0.15) is 0 Å². The van der Waals surface area contributed by atoms with E-state index in [0.29, 0.717) is 6.10 Å². The second-order valence-corrected chi connectivity index (χ2v) is 7.60. The van der Waals surface area contributed by atoms with Crippen molar-refractivity contribution in [3.05, 3.63) is 0 Å². The van der Waals surface area contributed by atoms with Crippen molar-refractivity contribution >= 4 is 0 Å². The van der Waals surface area contributed by atoms with Gasteiger partial charge in [0.05, 0.1) is 38.9 Å². The van der Waals surface area contributed by atoms with E-state index in [1.54, 1.807) is 0 Å². The molecular formula is C19H40NO+. The maximum atomic E-state index is 6.35. The third-order valence-electron chi connectivity index (χ3n) is 6.08. The molecule has 0 spiro atoms. The number of nitrogens with zero attached hydrogens (tertiary/aromatic N) is 1. The molecule has 0 aromatic rings. The Morgan fingerprint density at radius 2 is 1.67 bits per heavy atom. The van der Waals surface area contributed by atoms with Crippen LogP contribution in [-0.2, 0) is 4.74 Å². The summed E-state index contributed by atoms with van der Waals surface area (Å²) in [6, 6.07) is 0. The van der Waals surface area contributed by atoms with Gasteiger partial charge in [-0.3, -0.25) is 0 Å². The van der Waals surface area contributed by atoms with Gasteiger partial charge in [-0.05, 0) is 51.4 Å². The molecule has 1 rings (SSSR count). The summed E-state index contributed by atoms with van der Waals surface area (Å²) in [5, 5.41) is 0. The van der Waals surface area contributed by atoms with Gasteiger partial charge in [0, 0.05) is 6.42 Å². The van der Waals surface area contributed by atoms with Crippen LogP contribution in [0.15, 0.2) is 0 Å². The molecule has 1 aliphatic rings. The molecule has 0 saturated heterocycles. The third-order valence-corrected chi connectivity index (χ3v) is 6.08.